The highest BCUT2D eigenvalue weighted by Crippen LogP contribution is 2.27. The van der Waals surface area contributed by atoms with Crippen molar-refractivity contribution in [1.29, 1.82) is 0 Å². The first kappa shape index (κ1) is 20.6. The van der Waals surface area contributed by atoms with Crippen LogP contribution >= 0.6 is 0 Å². The molecule has 0 saturated carbocycles. The Kier molecular flexibility index (Phi) is 5.71. The molecule has 0 atom stereocenters. The number of carbonyl (C=O) groups is 1. The van der Waals surface area contributed by atoms with E-state index in [-0.39, 0.29) is 5.91 Å². The SMILES string of the molecule is CCn1cc(/C=N\NC(=O)c2ccc3c(c2)c(C)c(C)n3Cc2ccccc2)c(C)n1. The van der Waals surface area contributed by atoms with Crippen LogP contribution in [-0.4, -0.2) is 26.5 Å². The van der Waals surface area contributed by atoms with E-state index in [1.165, 1.54) is 16.8 Å². The van der Waals surface area contributed by atoms with Gasteiger partial charge in [0.1, 0.15) is 0 Å². The van der Waals surface area contributed by atoms with E-state index in [1.807, 2.05) is 49.0 Å². The lowest BCUT2D eigenvalue weighted by Gasteiger charge is -2.09. The number of hydrogen-bond donors (Lipinski definition) is 1. The molecule has 1 N–H and O–H groups in total. The number of hydrazone groups is 1. The van der Waals surface area contributed by atoms with Crippen molar-refractivity contribution in [2.75, 3.05) is 0 Å². The van der Waals surface area contributed by atoms with Crippen LogP contribution in [0.2, 0.25) is 0 Å². The highest BCUT2D eigenvalue weighted by atomic mass is 16.2. The number of benzene rings is 2. The quantitative estimate of drug-likeness (QED) is 0.371. The maximum Gasteiger partial charge on any atom is 0.271 e. The predicted octanol–water partition coefficient (Wildman–Crippen LogP) is 4.60. The van der Waals surface area contributed by atoms with Crippen molar-refractivity contribution in [3.63, 3.8) is 0 Å². The zero-order valence-corrected chi connectivity index (χ0v) is 18.4. The average molecular weight is 414 g/mol. The highest BCUT2D eigenvalue weighted by Gasteiger charge is 2.14. The summed E-state index contributed by atoms with van der Waals surface area (Å²) < 4.78 is 4.14. The number of aromatic nitrogens is 3. The Morgan fingerprint density at radius 1 is 1.13 bits per heavy atom. The molecule has 31 heavy (non-hydrogen) atoms. The molecule has 2 heterocycles. The molecule has 158 valence electrons. The molecular weight excluding hydrogens is 386 g/mol. The van der Waals surface area contributed by atoms with Gasteiger partial charge in [-0.1, -0.05) is 30.3 Å². The van der Waals surface area contributed by atoms with Gasteiger partial charge >= 0.3 is 0 Å². The summed E-state index contributed by atoms with van der Waals surface area (Å²) in [6, 6.07) is 16.2. The molecule has 0 spiro atoms. The summed E-state index contributed by atoms with van der Waals surface area (Å²) in [4.78, 5) is 12.7. The van der Waals surface area contributed by atoms with Gasteiger partial charge < -0.3 is 4.57 Å². The number of rotatable bonds is 6. The first-order chi connectivity index (χ1) is 15.0. The van der Waals surface area contributed by atoms with E-state index in [0.717, 1.165) is 35.2 Å². The second-order valence-electron chi connectivity index (χ2n) is 7.74. The Labute approximate surface area is 182 Å². The maximum absolute atomic E-state index is 12.7. The van der Waals surface area contributed by atoms with Crippen LogP contribution in [0.5, 0.6) is 0 Å². The Morgan fingerprint density at radius 3 is 2.61 bits per heavy atom. The maximum atomic E-state index is 12.7. The minimum atomic E-state index is -0.230. The van der Waals surface area contributed by atoms with Crippen molar-refractivity contribution in [3.05, 3.63) is 88.4 Å². The van der Waals surface area contributed by atoms with Crippen LogP contribution in [0.25, 0.3) is 10.9 Å². The van der Waals surface area contributed by atoms with Crippen LogP contribution in [0.3, 0.4) is 0 Å². The van der Waals surface area contributed by atoms with Crippen molar-refractivity contribution in [2.45, 2.75) is 40.8 Å². The zero-order valence-electron chi connectivity index (χ0n) is 18.4. The van der Waals surface area contributed by atoms with Crippen molar-refractivity contribution in [2.24, 2.45) is 5.10 Å². The van der Waals surface area contributed by atoms with Crippen molar-refractivity contribution in [3.8, 4) is 0 Å². The van der Waals surface area contributed by atoms with E-state index in [4.69, 9.17) is 0 Å². The molecule has 0 fully saturated rings. The highest BCUT2D eigenvalue weighted by molar-refractivity contribution is 5.99. The van der Waals surface area contributed by atoms with Gasteiger partial charge in [0.15, 0.2) is 0 Å². The molecule has 0 aliphatic rings. The number of fused-ring (bicyclic) bond motifs is 1. The lowest BCUT2D eigenvalue weighted by atomic mass is 10.1. The van der Waals surface area contributed by atoms with Crippen LogP contribution in [0.1, 0.15) is 45.4 Å². The second-order valence-corrected chi connectivity index (χ2v) is 7.74. The summed E-state index contributed by atoms with van der Waals surface area (Å²) >= 11 is 0. The fraction of sp³-hybridized carbons (Fsp3) is 0.240. The number of nitrogens with one attached hydrogen (secondary N) is 1. The largest absolute Gasteiger partial charge is 0.340 e. The van der Waals surface area contributed by atoms with E-state index < -0.39 is 0 Å². The lowest BCUT2D eigenvalue weighted by Crippen LogP contribution is -2.17. The number of hydrogen-bond acceptors (Lipinski definition) is 3. The van der Waals surface area contributed by atoms with E-state index in [1.54, 1.807) is 6.21 Å². The standard InChI is InChI=1S/C25H27N5O/c1-5-29-16-22(18(3)28-29)14-26-27-25(31)21-11-12-24-23(13-21)17(2)19(4)30(24)15-20-9-7-6-8-10-20/h6-14,16H,5,15H2,1-4H3,(H,27,31)/b26-14-. The molecule has 0 radical (unpaired) electrons. The lowest BCUT2D eigenvalue weighted by molar-refractivity contribution is 0.0955. The number of amides is 1. The predicted molar refractivity (Wildman–Crippen MR) is 125 cm³/mol. The van der Waals surface area contributed by atoms with Gasteiger partial charge in [-0.25, -0.2) is 5.43 Å². The fourth-order valence-electron chi connectivity index (χ4n) is 3.81. The number of nitrogens with zero attached hydrogens (tertiary/aromatic N) is 4. The molecular formula is C25H27N5O. The molecule has 6 heteroatoms. The Bertz CT molecular complexity index is 1260. The van der Waals surface area contributed by atoms with E-state index in [9.17, 15) is 4.79 Å². The molecule has 0 saturated heterocycles. The summed E-state index contributed by atoms with van der Waals surface area (Å²) in [6.45, 7) is 9.78. The van der Waals surface area contributed by atoms with Crippen LogP contribution in [0.15, 0.2) is 59.8 Å². The monoisotopic (exact) mass is 413 g/mol. The Hall–Kier alpha value is -3.67. The van der Waals surface area contributed by atoms with E-state index in [2.05, 4.69) is 58.3 Å². The van der Waals surface area contributed by atoms with Crippen LogP contribution < -0.4 is 5.43 Å². The number of aryl methyl sites for hydroxylation is 3. The topological polar surface area (TPSA) is 64.2 Å². The molecule has 0 aliphatic heterocycles. The van der Waals surface area contributed by atoms with Gasteiger partial charge in [0, 0.05) is 47.0 Å². The summed E-state index contributed by atoms with van der Waals surface area (Å²) in [6.07, 6.45) is 3.55. The van der Waals surface area contributed by atoms with Crippen molar-refractivity contribution in [1.82, 2.24) is 19.8 Å². The second kappa shape index (κ2) is 8.60. The first-order valence-corrected chi connectivity index (χ1v) is 10.5. The van der Waals surface area contributed by atoms with Crippen LogP contribution in [-0.2, 0) is 13.1 Å². The van der Waals surface area contributed by atoms with Gasteiger partial charge in [0.05, 0.1) is 11.9 Å². The molecule has 2 aromatic carbocycles. The van der Waals surface area contributed by atoms with Gasteiger partial charge in [0.2, 0.25) is 0 Å². The third-order valence-electron chi connectivity index (χ3n) is 5.76. The summed E-state index contributed by atoms with van der Waals surface area (Å²) in [5, 5.41) is 9.59. The molecule has 6 nitrogen and oxygen atoms in total. The summed E-state index contributed by atoms with van der Waals surface area (Å²) in [7, 11) is 0. The van der Waals surface area contributed by atoms with Gasteiger partial charge in [-0.15, -0.1) is 0 Å². The summed E-state index contributed by atoms with van der Waals surface area (Å²) in [5.74, 6) is -0.230. The molecule has 2 aromatic heterocycles. The van der Waals surface area contributed by atoms with Gasteiger partial charge in [0.25, 0.3) is 5.91 Å². The molecule has 4 rings (SSSR count). The van der Waals surface area contributed by atoms with Gasteiger partial charge in [-0.2, -0.15) is 10.2 Å². The van der Waals surface area contributed by atoms with Crippen LogP contribution in [0.4, 0.5) is 0 Å². The fourth-order valence-corrected chi connectivity index (χ4v) is 3.81. The van der Waals surface area contributed by atoms with Crippen molar-refractivity contribution < 1.29 is 4.79 Å². The third-order valence-corrected chi connectivity index (χ3v) is 5.76. The molecule has 0 unspecified atom stereocenters. The average Bonchev–Trinajstić information content (AvgIpc) is 3.26. The first-order valence-electron chi connectivity index (χ1n) is 10.5. The normalized spacial score (nSPS) is 11.5. The smallest absolute Gasteiger partial charge is 0.271 e. The Balaban J connectivity index is 1.56. The van der Waals surface area contributed by atoms with E-state index >= 15 is 0 Å². The van der Waals surface area contributed by atoms with Gasteiger partial charge in [-0.05, 0) is 57.0 Å². The van der Waals surface area contributed by atoms with E-state index in [0.29, 0.717) is 5.56 Å². The third kappa shape index (κ3) is 4.14. The van der Waals surface area contributed by atoms with Gasteiger partial charge in [-0.3, -0.25) is 9.48 Å². The molecule has 0 bridgehead atoms. The number of carbonyl (C=O) groups excluding carboxylic acids is 1. The van der Waals surface area contributed by atoms with Crippen LogP contribution in [0, 0.1) is 20.8 Å². The summed E-state index contributed by atoms with van der Waals surface area (Å²) in [5.41, 5.74) is 9.76. The molecule has 1 amide bonds. The molecule has 4 aromatic rings. The molecule has 0 aliphatic carbocycles. The zero-order chi connectivity index (χ0) is 22.0. The van der Waals surface area contributed by atoms with Crippen molar-refractivity contribution >= 4 is 23.0 Å². The minimum Gasteiger partial charge on any atom is -0.340 e. The minimum absolute atomic E-state index is 0.230. The Morgan fingerprint density at radius 2 is 1.90 bits per heavy atom.